The van der Waals surface area contributed by atoms with Crippen molar-refractivity contribution in [3.05, 3.63) is 11.1 Å². The van der Waals surface area contributed by atoms with E-state index in [2.05, 4.69) is 4.98 Å². The number of hydrogen-bond acceptors (Lipinski definition) is 5. The highest BCUT2D eigenvalue weighted by Crippen LogP contribution is 2.26. The monoisotopic (exact) mass is 245 g/mol. The van der Waals surface area contributed by atoms with Crippen molar-refractivity contribution in [2.24, 2.45) is 5.73 Å². The van der Waals surface area contributed by atoms with E-state index in [4.69, 9.17) is 5.73 Å². The molecule has 1 rings (SSSR count). The van der Waals surface area contributed by atoms with E-state index in [9.17, 15) is 9.59 Å². The summed E-state index contributed by atoms with van der Waals surface area (Å²) < 4.78 is 0.805. The van der Waals surface area contributed by atoms with Crippen molar-refractivity contribution in [3.8, 4) is 0 Å². The second-order valence-corrected chi connectivity index (χ2v) is 5.31. The molecule has 82 valence electrons. The minimum Gasteiger partial charge on any atom is -0.351 e. The largest absolute Gasteiger partial charge is 0.351 e. The molecule has 0 aliphatic heterocycles. The second kappa shape index (κ2) is 5.13. The summed E-state index contributed by atoms with van der Waals surface area (Å²) in [4.78, 5) is 25.9. The average Bonchev–Trinajstić information content (AvgIpc) is 2.50. The third-order valence-electron chi connectivity index (χ3n) is 1.49. The number of thioether (sulfide) groups is 1. The molecule has 0 unspecified atom stereocenters. The number of urea groups is 1. The Hall–Kier alpha value is -1.08. The van der Waals surface area contributed by atoms with Crippen LogP contribution in [0.25, 0.3) is 0 Å². The normalized spacial score (nSPS) is 12.1. The molecule has 7 heteroatoms. The molecule has 0 aliphatic rings. The van der Waals surface area contributed by atoms with Crippen LogP contribution in [0.15, 0.2) is 9.72 Å². The zero-order chi connectivity index (χ0) is 11.4. The van der Waals surface area contributed by atoms with Crippen LogP contribution in [0.4, 0.5) is 4.79 Å². The van der Waals surface area contributed by atoms with Crippen molar-refractivity contribution < 1.29 is 9.59 Å². The lowest BCUT2D eigenvalue weighted by atomic mass is 10.4. The van der Waals surface area contributed by atoms with Crippen LogP contribution in [0.3, 0.4) is 0 Å². The van der Waals surface area contributed by atoms with Gasteiger partial charge in [-0.2, -0.15) is 0 Å². The predicted molar refractivity (Wildman–Crippen MR) is 59.9 cm³/mol. The lowest BCUT2D eigenvalue weighted by molar-refractivity contribution is -0.119. The van der Waals surface area contributed by atoms with Gasteiger partial charge in [-0.1, -0.05) is 11.8 Å². The van der Waals surface area contributed by atoms with Crippen LogP contribution >= 0.6 is 23.1 Å². The Labute approximate surface area is 95.5 Å². The number of imide groups is 1. The van der Waals surface area contributed by atoms with Gasteiger partial charge in [-0.05, 0) is 13.8 Å². The van der Waals surface area contributed by atoms with Crippen LogP contribution in [0.5, 0.6) is 0 Å². The Morgan fingerprint density at radius 3 is 2.80 bits per heavy atom. The van der Waals surface area contributed by atoms with Gasteiger partial charge in [0.05, 0.1) is 5.25 Å². The predicted octanol–water partition coefficient (Wildman–Crippen LogP) is 1.13. The molecule has 0 radical (unpaired) electrons. The first-order valence-corrected chi connectivity index (χ1v) is 5.94. The summed E-state index contributed by atoms with van der Waals surface area (Å²) in [5.74, 6) is -0.402. The van der Waals surface area contributed by atoms with Gasteiger partial charge >= 0.3 is 6.03 Å². The zero-order valence-electron chi connectivity index (χ0n) is 8.31. The number of amides is 3. The number of carbonyl (C=O) groups excluding carboxylic acids is 2. The molecule has 0 aliphatic carbocycles. The maximum atomic E-state index is 11.3. The molecule has 3 amide bonds. The lowest BCUT2D eigenvalue weighted by Gasteiger charge is -2.07. The summed E-state index contributed by atoms with van der Waals surface area (Å²) in [5, 5.41) is 3.54. The van der Waals surface area contributed by atoms with Crippen molar-refractivity contribution in [2.75, 3.05) is 0 Å². The van der Waals surface area contributed by atoms with E-state index in [-0.39, 0.29) is 5.25 Å². The fourth-order valence-electron chi connectivity index (χ4n) is 0.814. The third-order valence-corrected chi connectivity index (χ3v) is 3.68. The summed E-state index contributed by atoms with van der Waals surface area (Å²) in [6.07, 6.45) is 0. The molecule has 0 fully saturated rings. The van der Waals surface area contributed by atoms with E-state index in [0.29, 0.717) is 0 Å². The highest BCUT2D eigenvalue weighted by atomic mass is 32.2. The topological polar surface area (TPSA) is 85.1 Å². The Morgan fingerprint density at radius 1 is 1.67 bits per heavy atom. The van der Waals surface area contributed by atoms with Crippen LogP contribution in [0.1, 0.15) is 12.6 Å². The van der Waals surface area contributed by atoms with Gasteiger partial charge in [0.25, 0.3) is 0 Å². The fourth-order valence-corrected chi connectivity index (χ4v) is 2.80. The molecule has 0 saturated carbocycles. The first-order valence-electron chi connectivity index (χ1n) is 4.18. The molecular weight excluding hydrogens is 234 g/mol. The number of aromatic nitrogens is 1. The maximum Gasteiger partial charge on any atom is 0.318 e. The molecule has 1 aromatic rings. The molecule has 0 spiro atoms. The Morgan fingerprint density at radius 2 is 2.33 bits per heavy atom. The summed E-state index contributed by atoms with van der Waals surface area (Å²) in [6.45, 7) is 3.58. The van der Waals surface area contributed by atoms with Crippen molar-refractivity contribution >= 4 is 35.0 Å². The number of thiazole rings is 1. The van der Waals surface area contributed by atoms with Crippen molar-refractivity contribution in [1.29, 1.82) is 0 Å². The summed E-state index contributed by atoms with van der Waals surface area (Å²) in [6, 6.07) is -0.831. The standard InChI is InChI=1S/C8H11N3O2S2/c1-4-3-14-8(10-4)15-5(2)6(12)11-7(9)13/h3,5H,1-2H3,(H3,9,11,12,13)/t5-/m0/s1. The van der Waals surface area contributed by atoms with Gasteiger partial charge in [0.2, 0.25) is 5.91 Å². The van der Waals surface area contributed by atoms with Gasteiger partial charge in [-0.15, -0.1) is 11.3 Å². The molecule has 3 N–H and O–H groups in total. The van der Waals surface area contributed by atoms with Crippen molar-refractivity contribution in [2.45, 2.75) is 23.4 Å². The number of aryl methyl sites for hydroxylation is 1. The molecule has 5 nitrogen and oxygen atoms in total. The van der Waals surface area contributed by atoms with Crippen LogP contribution in [0.2, 0.25) is 0 Å². The Balaban J connectivity index is 2.51. The van der Waals surface area contributed by atoms with Crippen LogP contribution in [-0.4, -0.2) is 22.2 Å². The minimum absolute atomic E-state index is 0.386. The molecular formula is C8H11N3O2S2. The molecule has 1 atom stereocenters. The van der Waals surface area contributed by atoms with Gasteiger partial charge in [-0.25, -0.2) is 9.78 Å². The zero-order valence-corrected chi connectivity index (χ0v) is 9.95. The summed E-state index contributed by atoms with van der Waals surface area (Å²) >= 11 is 2.77. The van der Waals surface area contributed by atoms with Crippen molar-refractivity contribution in [1.82, 2.24) is 10.3 Å². The number of primary amides is 1. The van der Waals surface area contributed by atoms with E-state index in [1.165, 1.54) is 23.1 Å². The van der Waals surface area contributed by atoms with Gasteiger partial charge in [0.15, 0.2) is 4.34 Å². The average molecular weight is 245 g/mol. The number of rotatable bonds is 3. The van der Waals surface area contributed by atoms with Gasteiger partial charge in [0, 0.05) is 11.1 Å². The molecule has 0 aromatic carbocycles. The lowest BCUT2D eigenvalue weighted by Crippen LogP contribution is -2.39. The Bertz CT molecular complexity index is 378. The van der Waals surface area contributed by atoms with Crippen LogP contribution in [0, 0.1) is 6.92 Å². The number of nitrogens with zero attached hydrogens (tertiary/aromatic N) is 1. The third kappa shape index (κ3) is 3.88. The number of carbonyl (C=O) groups is 2. The second-order valence-electron chi connectivity index (χ2n) is 2.87. The van der Waals surface area contributed by atoms with E-state index < -0.39 is 11.9 Å². The summed E-state index contributed by atoms with van der Waals surface area (Å²) in [5.41, 5.74) is 5.76. The molecule has 0 bridgehead atoms. The number of nitrogens with two attached hydrogens (primary N) is 1. The quantitative estimate of drug-likeness (QED) is 0.782. The van der Waals surface area contributed by atoms with Gasteiger partial charge in [0.1, 0.15) is 0 Å². The summed E-state index contributed by atoms with van der Waals surface area (Å²) in [7, 11) is 0. The molecule has 1 heterocycles. The number of hydrogen-bond donors (Lipinski definition) is 2. The number of nitrogens with one attached hydrogen (secondary N) is 1. The molecule has 1 aromatic heterocycles. The Kier molecular flexibility index (Phi) is 4.10. The SMILES string of the molecule is Cc1csc(S[C@@H](C)C(=O)NC(N)=O)n1. The minimum atomic E-state index is -0.831. The highest BCUT2D eigenvalue weighted by Gasteiger charge is 2.17. The van der Waals surface area contributed by atoms with E-state index in [0.717, 1.165) is 10.0 Å². The van der Waals surface area contributed by atoms with E-state index in [1.807, 2.05) is 17.6 Å². The first-order chi connectivity index (χ1) is 6.99. The fraction of sp³-hybridized carbons (Fsp3) is 0.375. The van der Waals surface area contributed by atoms with Crippen LogP contribution in [-0.2, 0) is 4.79 Å². The smallest absolute Gasteiger partial charge is 0.318 e. The van der Waals surface area contributed by atoms with Crippen LogP contribution < -0.4 is 11.1 Å². The maximum absolute atomic E-state index is 11.3. The van der Waals surface area contributed by atoms with Gasteiger partial charge in [-0.3, -0.25) is 10.1 Å². The molecule has 0 saturated heterocycles. The van der Waals surface area contributed by atoms with Gasteiger partial charge < -0.3 is 5.73 Å². The van der Waals surface area contributed by atoms with E-state index in [1.54, 1.807) is 6.92 Å². The first kappa shape index (κ1) is 12.0. The highest BCUT2D eigenvalue weighted by molar-refractivity contribution is 8.02. The molecule has 15 heavy (non-hydrogen) atoms. The van der Waals surface area contributed by atoms with E-state index >= 15 is 0 Å². The van der Waals surface area contributed by atoms with Crippen molar-refractivity contribution in [3.63, 3.8) is 0 Å².